The fourth-order valence-corrected chi connectivity index (χ4v) is 1.60. The maximum Gasteiger partial charge on any atom is 0.349 e. The molecule has 1 atom stereocenters. The Labute approximate surface area is 116 Å². The van der Waals surface area contributed by atoms with Crippen molar-refractivity contribution in [2.45, 2.75) is 31.8 Å². The number of rotatable bonds is 7. The Morgan fingerprint density at radius 1 is 1.40 bits per heavy atom. The van der Waals surface area contributed by atoms with Crippen molar-refractivity contribution in [1.29, 1.82) is 0 Å². The lowest BCUT2D eigenvalue weighted by atomic mass is 10.1. The predicted octanol–water partition coefficient (Wildman–Crippen LogP) is 2.06. The summed E-state index contributed by atoms with van der Waals surface area (Å²) in [5, 5.41) is 11.4. The van der Waals surface area contributed by atoms with Gasteiger partial charge >= 0.3 is 5.92 Å². The quantitative estimate of drug-likeness (QED) is 0.807. The number of aliphatic hydroxyl groups is 1. The Balaban J connectivity index is 2.63. The van der Waals surface area contributed by atoms with Crippen molar-refractivity contribution in [3.8, 4) is 5.75 Å². The third kappa shape index (κ3) is 4.16. The highest BCUT2D eigenvalue weighted by atomic mass is 19.3. The number of hydrogen-bond donors (Lipinski definition) is 2. The summed E-state index contributed by atoms with van der Waals surface area (Å²) in [6.07, 6.45) is 0.177. The van der Waals surface area contributed by atoms with Crippen molar-refractivity contribution in [2.24, 2.45) is 0 Å². The van der Waals surface area contributed by atoms with E-state index in [9.17, 15) is 18.7 Å². The van der Waals surface area contributed by atoms with E-state index in [0.717, 1.165) is 12.1 Å². The number of methoxy groups -OCH3 is 1. The zero-order valence-electron chi connectivity index (χ0n) is 11.5. The zero-order valence-corrected chi connectivity index (χ0v) is 11.5. The summed E-state index contributed by atoms with van der Waals surface area (Å²) in [7, 11) is 1.43. The molecule has 1 rings (SSSR count). The topological polar surface area (TPSA) is 58.6 Å². The summed E-state index contributed by atoms with van der Waals surface area (Å²) >= 11 is 0. The Hall–Kier alpha value is -1.69. The highest BCUT2D eigenvalue weighted by Gasteiger charge is 2.40. The van der Waals surface area contributed by atoms with E-state index in [0.29, 0.717) is 12.2 Å². The van der Waals surface area contributed by atoms with Crippen LogP contribution in [0.15, 0.2) is 24.3 Å². The molecule has 0 fully saturated rings. The fraction of sp³-hybridized carbons (Fsp3) is 0.500. The number of ether oxygens (including phenoxy) is 1. The van der Waals surface area contributed by atoms with Gasteiger partial charge in [0.1, 0.15) is 5.75 Å². The number of amides is 1. The van der Waals surface area contributed by atoms with Crippen molar-refractivity contribution in [1.82, 2.24) is 5.32 Å². The van der Waals surface area contributed by atoms with E-state index in [1.165, 1.54) is 19.2 Å². The van der Waals surface area contributed by atoms with Crippen LogP contribution in [0.2, 0.25) is 0 Å². The minimum Gasteiger partial charge on any atom is -0.497 e. The van der Waals surface area contributed by atoms with Gasteiger partial charge in [-0.1, -0.05) is 6.92 Å². The highest BCUT2D eigenvalue weighted by Crippen LogP contribution is 2.29. The number of nitrogens with one attached hydrogen (secondary N) is 1. The second kappa shape index (κ2) is 7.19. The van der Waals surface area contributed by atoms with E-state index in [1.54, 1.807) is 6.92 Å². The molecule has 0 bridgehead atoms. The number of hydrogen-bond acceptors (Lipinski definition) is 3. The first-order valence-electron chi connectivity index (χ1n) is 6.40. The molecule has 1 aromatic carbocycles. The van der Waals surface area contributed by atoms with Crippen LogP contribution >= 0.6 is 0 Å². The summed E-state index contributed by atoms with van der Waals surface area (Å²) < 4.78 is 32.6. The Morgan fingerprint density at radius 2 is 2.00 bits per heavy atom. The minimum absolute atomic E-state index is 0.0135. The average molecular weight is 287 g/mol. The van der Waals surface area contributed by atoms with E-state index < -0.39 is 23.5 Å². The van der Waals surface area contributed by atoms with Crippen LogP contribution in [0.5, 0.6) is 5.75 Å². The highest BCUT2D eigenvalue weighted by molar-refractivity contribution is 5.84. The molecule has 0 aromatic heterocycles. The van der Waals surface area contributed by atoms with E-state index in [-0.39, 0.29) is 13.0 Å². The molecule has 2 N–H and O–H groups in total. The minimum atomic E-state index is -3.61. The summed E-state index contributed by atoms with van der Waals surface area (Å²) in [6, 6.07) is 5.05. The molecule has 0 saturated carbocycles. The molecule has 6 heteroatoms. The normalized spacial score (nSPS) is 12.8. The van der Waals surface area contributed by atoms with Gasteiger partial charge in [0, 0.05) is 12.1 Å². The van der Waals surface area contributed by atoms with Crippen LogP contribution in [0.1, 0.15) is 25.3 Å². The van der Waals surface area contributed by atoms with Gasteiger partial charge in [0.15, 0.2) is 0 Å². The molecular formula is C14H19F2NO3. The lowest BCUT2D eigenvalue weighted by Crippen LogP contribution is -2.39. The smallest absolute Gasteiger partial charge is 0.349 e. The molecule has 0 saturated heterocycles. The lowest BCUT2D eigenvalue weighted by Gasteiger charge is -2.17. The zero-order chi connectivity index (χ0) is 15.2. The Bertz CT molecular complexity index is 435. The van der Waals surface area contributed by atoms with Crippen LogP contribution in [-0.2, 0) is 10.7 Å². The van der Waals surface area contributed by atoms with Crippen molar-refractivity contribution in [3.63, 3.8) is 0 Å². The monoisotopic (exact) mass is 287 g/mol. The van der Waals surface area contributed by atoms with Gasteiger partial charge in [-0.2, -0.15) is 8.78 Å². The lowest BCUT2D eigenvalue weighted by molar-refractivity contribution is -0.147. The second-order valence-electron chi connectivity index (χ2n) is 4.41. The number of aliphatic hydroxyl groups excluding tert-OH is 1. The van der Waals surface area contributed by atoms with Gasteiger partial charge in [-0.15, -0.1) is 0 Å². The number of carbonyl (C=O) groups is 1. The van der Waals surface area contributed by atoms with Gasteiger partial charge in [0.25, 0.3) is 5.91 Å². The maximum absolute atomic E-state index is 13.9. The van der Waals surface area contributed by atoms with E-state index in [2.05, 4.69) is 5.32 Å². The van der Waals surface area contributed by atoms with Gasteiger partial charge in [0.2, 0.25) is 0 Å². The van der Waals surface area contributed by atoms with Crippen molar-refractivity contribution in [2.75, 3.05) is 13.7 Å². The molecule has 1 unspecified atom stereocenters. The van der Waals surface area contributed by atoms with Gasteiger partial charge in [-0.3, -0.25) is 4.79 Å². The molecule has 1 aromatic rings. The first-order chi connectivity index (χ1) is 9.41. The summed E-state index contributed by atoms with van der Waals surface area (Å²) in [4.78, 5) is 11.5. The summed E-state index contributed by atoms with van der Waals surface area (Å²) in [6.45, 7) is 1.79. The predicted molar refractivity (Wildman–Crippen MR) is 70.8 cm³/mol. The van der Waals surface area contributed by atoms with Crippen LogP contribution in [0.4, 0.5) is 8.78 Å². The first kappa shape index (κ1) is 16.4. The SMILES string of the molecule is CCC(O)CCNC(=O)C(F)(F)c1ccc(OC)cc1. The molecule has 0 heterocycles. The summed E-state index contributed by atoms with van der Waals surface area (Å²) in [5.74, 6) is -4.54. The Kier molecular flexibility index (Phi) is 5.88. The fourth-order valence-electron chi connectivity index (χ4n) is 1.60. The standard InChI is InChI=1S/C14H19F2NO3/c1-3-11(18)8-9-17-13(19)14(15,16)10-4-6-12(20-2)7-5-10/h4-7,11,18H,3,8-9H2,1-2H3,(H,17,19). The molecule has 0 radical (unpaired) electrons. The van der Waals surface area contributed by atoms with Crippen LogP contribution < -0.4 is 10.1 Å². The number of carbonyl (C=O) groups excluding carboxylic acids is 1. The second-order valence-corrected chi connectivity index (χ2v) is 4.41. The van der Waals surface area contributed by atoms with Crippen molar-refractivity contribution >= 4 is 5.91 Å². The largest absolute Gasteiger partial charge is 0.497 e. The number of benzene rings is 1. The van der Waals surface area contributed by atoms with Crippen LogP contribution in [0.25, 0.3) is 0 Å². The molecule has 20 heavy (non-hydrogen) atoms. The molecule has 0 aliphatic rings. The molecule has 0 spiro atoms. The molecule has 4 nitrogen and oxygen atoms in total. The summed E-state index contributed by atoms with van der Waals surface area (Å²) in [5.41, 5.74) is -0.396. The van der Waals surface area contributed by atoms with E-state index in [4.69, 9.17) is 4.74 Å². The average Bonchev–Trinajstić information content (AvgIpc) is 2.46. The van der Waals surface area contributed by atoms with Crippen molar-refractivity contribution in [3.05, 3.63) is 29.8 Å². The van der Waals surface area contributed by atoms with Crippen LogP contribution in [0, 0.1) is 0 Å². The van der Waals surface area contributed by atoms with E-state index >= 15 is 0 Å². The number of alkyl halides is 2. The number of halogens is 2. The molecular weight excluding hydrogens is 268 g/mol. The molecule has 1 amide bonds. The van der Waals surface area contributed by atoms with Crippen LogP contribution in [-0.4, -0.2) is 30.8 Å². The van der Waals surface area contributed by atoms with Crippen LogP contribution in [0.3, 0.4) is 0 Å². The molecule has 112 valence electrons. The van der Waals surface area contributed by atoms with Gasteiger partial charge in [0.05, 0.1) is 13.2 Å². The maximum atomic E-state index is 13.9. The first-order valence-corrected chi connectivity index (χ1v) is 6.40. The van der Waals surface area contributed by atoms with Gasteiger partial charge in [-0.05, 0) is 37.1 Å². The Morgan fingerprint density at radius 3 is 2.50 bits per heavy atom. The van der Waals surface area contributed by atoms with Gasteiger partial charge < -0.3 is 15.2 Å². The molecule has 0 aliphatic carbocycles. The third-order valence-corrected chi connectivity index (χ3v) is 2.97. The molecule has 0 aliphatic heterocycles. The van der Waals surface area contributed by atoms with Gasteiger partial charge in [-0.25, -0.2) is 0 Å². The third-order valence-electron chi connectivity index (χ3n) is 2.97. The van der Waals surface area contributed by atoms with Crippen molar-refractivity contribution < 1.29 is 23.4 Å². The van der Waals surface area contributed by atoms with E-state index in [1.807, 2.05) is 0 Å².